The monoisotopic (exact) mass is 474 g/mol. The number of nitrogens with zero attached hydrogens (tertiary/aromatic N) is 4. The minimum absolute atomic E-state index is 0.285. The normalized spacial score (nSPS) is 15.8. The Labute approximate surface area is 200 Å². The Balaban J connectivity index is 1.71. The quantitative estimate of drug-likeness (QED) is 0.413. The lowest BCUT2D eigenvalue weighted by Crippen LogP contribution is -2.21. The molecular formula is C26H23FN4O2S. The molecule has 2 aromatic carbocycles. The standard InChI is InChI=1S/C26H23FN4O2S/c1-13-15(3)34-25-21(13)23(18-10-8-17(9-11-18)19-6-5-7-20(27)12-19)28-22(14(2)26(32)33)24-30-29-16(4)31(24)25/h5-12,14,22H,1-4H3,(H,32,33)/t14?,22-/m0/s1. The van der Waals surface area contributed by atoms with Crippen LogP contribution in [0, 0.1) is 32.5 Å². The van der Waals surface area contributed by atoms with E-state index in [9.17, 15) is 14.3 Å². The van der Waals surface area contributed by atoms with Crippen LogP contribution in [0.15, 0.2) is 53.5 Å². The molecule has 0 bridgehead atoms. The lowest BCUT2D eigenvalue weighted by Gasteiger charge is -2.16. The Bertz CT molecular complexity index is 1450. The van der Waals surface area contributed by atoms with Gasteiger partial charge in [-0.15, -0.1) is 21.5 Å². The second-order valence-corrected chi connectivity index (χ2v) is 9.74. The van der Waals surface area contributed by atoms with Gasteiger partial charge in [0.05, 0.1) is 11.6 Å². The van der Waals surface area contributed by atoms with Gasteiger partial charge < -0.3 is 5.11 Å². The topological polar surface area (TPSA) is 80.4 Å². The zero-order valence-corrected chi connectivity index (χ0v) is 20.0. The Morgan fingerprint density at radius 2 is 1.76 bits per heavy atom. The summed E-state index contributed by atoms with van der Waals surface area (Å²) in [6.45, 7) is 7.64. The van der Waals surface area contributed by atoms with Gasteiger partial charge in [-0.25, -0.2) is 4.39 Å². The molecule has 0 amide bonds. The van der Waals surface area contributed by atoms with Crippen molar-refractivity contribution in [2.24, 2.45) is 10.9 Å². The fourth-order valence-corrected chi connectivity index (χ4v) is 5.52. The van der Waals surface area contributed by atoms with Gasteiger partial charge in [-0.05, 0) is 56.5 Å². The van der Waals surface area contributed by atoms with Crippen molar-refractivity contribution in [3.05, 3.63) is 87.6 Å². The molecule has 2 aromatic heterocycles. The summed E-state index contributed by atoms with van der Waals surface area (Å²) in [5, 5.41) is 19.3. The summed E-state index contributed by atoms with van der Waals surface area (Å²) in [6, 6.07) is 13.6. The third-order valence-corrected chi connectivity index (χ3v) is 7.56. The Hall–Kier alpha value is -3.65. The summed E-state index contributed by atoms with van der Waals surface area (Å²) in [5.74, 6) is -0.800. The van der Waals surface area contributed by atoms with Crippen molar-refractivity contribution in [1.82, 2.24) is 14.8 Å². The van der Waals surface area contributed by atoms with Gasteiger partial charge in [0.2, 0.25) is 0 Å². The first-order chi connectivity index (χ1) is 16.3. The number of aryl methyl sites for hydroxylation is 2. The van der Waals surface area contributed by atoms with Crippen LogP contribution < -0.4 is 0 Å². The average molecular weight is 475 g/mol. The highest BCUT2D eigenvalue weighted by Gasteiger charge is 2.36. The van der Waals surface area contributed by atoms with Gasteiger partial charge in [0, 0.05) is 16.0 Å². The predicted octanol–water partition coefficient (Wildman–Crippen LogP) is 5.67. The number of rotatable bonds is 4. The average Bonchev–Trinajstić information content (AvgIpc) is 3.28. The van der Waals surface area contributed by atoms with E-state index >= 15 is 0 Å². The molecule has 0 radical (unpaired) electrons. The molecule has 0 saturated heterocycles. The highest BCUT2D eigenvalue weighted by molar-refractivity contribution is 7.15. The fraction of sp³-hybridized carbons (Fsp3) is 0.231. The molecular weight excluding hydrogens is 451 g/mol. The van der Waals surface area contributed by atoms with Crippen molar-refractivity contribution in [2.45, 2.75) is 33.7 Å². The Morgan fingerprint density at radius 3 is 2.44 bits per heavy atom. The van der Waals surface area contributed by atoms with Crippen LogP contribution in [0.2, 0.25) is 0 Å². The van der Waals surface area contributed by atoms with E-state index in [2.05, 4.69) is 24.0 Å². The molecule has 1 unspecified atom stereocenters. The highest BCUT2D eigenvalue weighted by atomic mass is 32.1. The van der Waals surface area contributed by atoms with Crippen molar-refractivity contribution in [1.29, 1.82) is 0 Å². The first kappa shape index (κ1) is 22.2. The fourth-order valence-electron chi connectivity index (χ4n) is 4.31. The van der Waals surface area contributed by atoms with E-state index < -0.39 is 17.9 Å². The second-order valence-electron chi connectivity index (χ2n) is 8.54. The molecule has 1 N–H and O–H groups in total. The van der Waals surface area contributed by atoms with Gasteiger partial charge in [0.1, 0.15) is 22.7 Å². The second kappa shape index (κ2) is 8.29. The van der Waals surface area contributed by atoms with Crippen LogP contribution in [0.4, 0.5) is 4.39 Å². The van der Waals surface area contributed by atoms with E-state index in [1.807, 2.05) is 41.8 Å². The minimum Gasteiger partial charge on any atom is -0.481 e. The molecule has 0 aliphatic carbocycles. The van der Waals surface area contributed by atoms with Crippen molar-refractivity contribution in [3.8, 4) is 16.1 Å². The number of carboxylic acid groups (broad SMARTS) is 1. The summed E-state index contributed by atoms with van der Waals surface area (Å²) in [6.07, 6.45) is 0. The first-order valence-corrected chi connectivity index (χ1v) is 11.8. The molecule has 3 heterocycles. The van der Waals surface area contributed by atoms with E-state index in [0.29, 0.717) is 11.6 Å². The Morgan fingerprint density at radius 1 is 1.06 bits per heavy atom. The number of benzene rings is 2. The molecule has 5 rings (SSSR count). The van der Waals surface area contributed by atoms with Crippen LogP contribution in [0.5, 0.6) is 0 Å². The maximum Gasteiger partial charge on any atom is 0.308 e. The number of aromatic nitrogens is 3. The smallest absolute Gasteiger partial charge is 0.308 e. The van der Waals surface area contributed by atoms with Crippen LogP contribution in [-0.2, 0) is 4.79 Å². The van der Waals surface area contributed by atoms with Crippen molar-refractivity contribution < 1.29 is 14.3 Å². The molecule has 1 aliphatic heterocycles. The third-order valence-electron chi connectivity index (χ3n) is 6.37. The number of aliphatic carboxylic acids is 1. The van der Waals surface area contributed by atoms with Crippen LogP contribution in [0.1, 0.15) is 46.2 Å². The Kier molecular flexibility index (Phi) is 5.40. The molecule has 34 heavy (non-hydrogen) atoms. The number of halogens is 1. The zero-order chi connectivity index (χ0) is 24.1. The van der Waals surface area contributed by atoms with Crippen molar-refractivity contribution >= 4 is 23.0 Å². The van der Waals surface area contributed by atoms with Crippen LogP contribution >= 0.6 is 11.3 Å². The largest absolute Gasteiger partial charge is 0.481 e. The van der Waals surface area contributed by atoms with Gasteiger partial charge in [-0.3, -0.25) is 14.4 Å². The number of fused-ring (bicyclic) bond motifs is 3. The van der Waals surface area contributed by atoms with Crippen LogP contribution in [0.3, 0.4) is 0 Å². The molecule has 172 valence electrons. The number of hydrogen-bond acceptors (Lipinski definition) is 5. The molecule has 0 spiro atoms. The molecule has 0 saturated carbocycles. The molecule has 1 aliphatic rings. The molecule has 4 aromatic rings. The number of carbonyl (C=O) groups is 1. The molecule has 6 nitrogen and oxygen atoms in total. The van der Waals surface area contributed by atoms with Gasteiger partial charge >= 0.3 is 5.97 Å². The van der Waals surface area contributed by atoms with Crippen LogP contribution in [0.25, 0.3) is 16.1 Å². The van der Waals surface area contributed by atoms with E-state index in [0.717, 1.165) is 43.4 Å². The van der Waals surface area contributed by atoms with E-state index in [1.165, 1.54) is 12.1 Å². The maximum absolute atomic E-state index is 13.7. The van der Waals surface area contributed by atoms with E-state index in [1.54, 1.807) is 24.3 Å². The maximum atomic E-state index is 13.7. The summed E-state index contributed by atoms with van der Waals surface area (Å²) >= 11 is 1.63. The zero-order valence-electron chi connectivity index (χ0n) is 19.2. The van der Waals surface area contributed by atoms with Gasteiger partial charge in [0.15, 0.2) is 5.82 Å². The lowest BCUT2D eigenvalue weighted by atomic mass is 9.96. The summed E-state index contributed by atoms with van der Waals surface area (Å²) in [4.78, 5) is 18.1. The van der Waals surface area contributed by atoms with Gasteiger partial charge in [0.25, 0.3) is 0 Å². The lowest BCUT2D eigenvalue weighted by molar-refractivity contribution is -0.141. The number of hydrogen-bond donors (Lipinski definition) is 1. The first-order valence-electron chi connectivity index (χ1n) is 11.0. The minimum atomic E-state index is -0.945. The third kappa shape index (κ3) is 3.54. The van der Waals surface area contributed by atoms with Gasteiger partial charge in [-0.1, -0.05) is 36.4 Å². The molecule has 8 heteroatoms. The summed E-state index contributed by atoms with van der Waals surface area (Å²) < 4.78 is 15.7. The van der Waals surface area contributed by atoms with Crippen molar-refractivity contribution in [2.75, 3.05) is 0 Å². The summed E-state index contributed by atoms with van der Waals surface area (Å²) in [5.41, 5.74) is 5.32. The van der Waals surface area contributed by atoms with E-state index in [4.69, 9.17) is 4.99 Å². The molecule has 2 atom stereocenters. The predicted molar refractivity (Wildman–Crippen MR) is 130 cm³/mol. The number of carboxylic acids is 1. The highest BCUT2D eigenvalue weighted by Crippen LogP contribution is 2.40. The molecule has 0 fully saturated rings. The summed E-state index contributed by atoms with van der Waals surface area (Å²) in [7, 11) is 0. The SMILES string of the molecule is Cc1sc2c(c1C)C(c1ccc(-c3cccc(F)c3)cc1)=N[C@@H](C(C)C(=O)O)c1nnc(C)n1-2. The van der Waals surface area contributed by atoms with E-state index in [-0.39, 0.29) is 5.82 Å². The number of thiophene rings is 1. The van der Waals surface area contributed by atoms with Crippen LogP contribution in [-0.4, -0.2) is 31.6 Å². The number of aliphatic imine (C=N–C) groups is 1. The van der Waals surface area contributed by atoms with Crippen molar-refractivity contribution in [3.63, 3.8) is 0 Å². The van der Waals surface area contributed by atoms with Gasteiger partial charge in [-0.2, -0.15) is 0 Å².